The molecule has 0 spiro atoms. The van der Waals surface area contributed by atoms with Crippen LogP contribution in [0.5, 0.6) is 0 Å². The van der Waals surface area contributed by atoms with Gasteiger partial charge in [0.15, 0.2) is 0 Å². The highest BCUT2D eigenvalue weighted by atomic mass is 15.0. The molecule has 1 saturated carbocycles. The number of aromatic nitrogens is 2. The van der Waals surface area contributed by atoms with E-state index in [0.717, 1.165) is 35.7 Å². The second-order valence-electron chi connectivity index (χ2n) is 6.07. The Morgan fingerprint density at radius 2 is 2.11 bits per heavy atom. The highest BCUT2D eigenvalue weighted by molar-refractivity contribution is 5.36. The van der Waals surface area contributed by atoms with Gasteiger partial charge in [-0.1, -0.05) is 27.2 Å². The lowest BCUT2D eigenvalue weighted by atomic mass is 10.1. The highest BCUT2D eigenvalue weighted by Crippen LogP contribution is 2.30. The number of hydrogen-bond acceptors (Lipinski definition) is 3. The molecule has 2 unspecified atom stereocenters. The van der Waals surface area contributed by atoms with Crippen molar-refractivity contribution in [3.8, 4) is 0 Å². The molecular weight excluding hydrogens is 222 g/mol. The number of nitrogens with one attached hydrogen (secondary N) is 1. The number of aryl methyl sites for hydroxylation is 1. The van der Waals surface area contributed by atoms with E-state index in [2.05, 4.69) is 36.1 Å². The van der Waals surface area contributed by atoms with Crippen LogP contribution in [0.25, 0.3) is 0 Å². The molecule has 0 aliphatic heterocycles. The summed E-state index contributed by atoms with van der Waals surface area (Å²) in [6.07, 6.45) is 4.09. The van der Waals surface area contributed by atoms with Crippen molar-refractivity contribution < 1.29 is 0 Å². The van der Waals surface area contributed by atoms with Crippen LogP contribution in [0.15, 0.2) is 6.07 Å². The summed E-state index contributed by atoms with van der Waals surface area (Å²) in [4.78, 5) is 9.06. The van der Waals surface area contributed by atoms with Gasteiger partial charge >= 0.3 is 0 Å². The maximum Gasteiger partial charge on any atom is 0.133 e. The first kappa shape index (κ1) is 13.3. The third-order valence-corrected chi connectivity index (χ3v) is 3.76. The minimum Gasteiger partial charge on any atom is -0.370 e. The first-order valence-electron chi connectivity index (χ1n) is 7.14. The average Bonchev–Trinajstić information content (AvgIpc) is 2.72. The van der Waals surface area contributed by atoms with Crippen molar-refractivity contribution in [3.05, 3.63) is 17.6 Å². The minimum absolute atomic E-state index is 0.386. The van der Waals surface area contributed by atoms with Gasteiger partial charge in [-0.05, 0) is 31.6 Å². The quantitative estimate of drug-likeness (QED) is 0.880. The Hall–Kier alpha value is -1.12. The van der Waals surface area contributed by atoms with Gasteiger partial charge in [-0.3, -0.25) is 0 Å². The van der Waals surface area contributed by atoms with Crippen molar-refractivity contribution in [2.24, 2.45) is 11.8 Å². The Morgan fingerprint density at radius 1 is 1.33 bits per heavy atom. The summed E-state index contributed by atoms with van der Waals surface area (Å²) < 4.78 is 0. The first-order chi connectivity index (χ1) is 8.54. The third-order valence-electron chi connectivity index (χ3n) is 3.76. The van der Waals surface area contributed by atoms with Crippen LogP contribution in [-0.4, -0.2) is 16.5 Å². The van der Waals surface area contributed by atoms with Crippen LogP contribution < -0.4 is 5.32 Å². The lowest BCUT2D eigenvalue weighted by Gasteiger charge is -2.13. The summed E-state index contributed by atoms with van der Waals surface area (Å²) >= 11 is 0. The van der Waals surface area contributed by atoms with Crippen molar-refractivity contribution >= 4 is 5.82 Å². The van der Waals surface area contributed by atoms with Gasteiger partial charge in [0.05, 0.1) is 0 Å². The lowest BCUT2D eigenvalue weighted by Crippen LogP contribution is -2.14. The normalized spacial score (nSPS) is 23.6. The summed E-state index contributed by atoms with van der Waals surface area (Å²) in [5.41, 5.74) is 1.05. The molecule has 2 rings (SSSR count). The predicted molar refractivity (Wildman–Crippen MR) is 75.9 cm³/mol. The van der Waals surface area contributed by atoms with Crippen molar-refractivity contribution in [1.82, 2.24) is 9.97 Å². The molecule has 1 aliphatic rings. The molecule has 1 aromatic rings. The van der Waals surface area contributed by atoms with Gasteiger partial charge in [-0.15, -0.1) is 0 Å². The fraction of sp³-hybridized carbons (Fsp3) is 0.733. The number of rotatable bonds is 4. The molecule has 0 amide bonds. The number of nitrogens with zero attached hydrogens (tertiary/aromatic N) is 2. The van der Waals surface area contributed by atoms with E-state index in [-0.39, 0.29) is 0 Å². The Labute approximate surface area is 110 Å². The maximum atomic E-state index is 4.59. The molecule has 0 radical (unpaired) electrons. The van der Waals surface area contributed by atoms with Gasteiger partial charge in [0.1, 0.15) is 11.6 Å². The molecule has 1 aromatic heterocycles. The summed E-state index contributed by atoms with van der Waals surface area (Å²) in [6.45, 7) is 9.72. The zero-order valence-corrected chi connectivity index (χ0v) is 12.0. The number of anilines is 1. The first-order valence-corrected chi connectivity index (χ1v) is 7.14. The Bertz CT molecular complexity index is 401. The molecule has 3 nitrogen and oxygen atoms in total. The third kappa shape index (κ3) is 3.44. The minimum atomic E-state index is 0.386. The molecule has 0 saturated heterocycles. The van der Waals surface area contributed by atoms with E-state index in [1.807, 2.05) is 13.0 Å². The van der Waals surface area contributed by atoms with Gasteiger partial charge in [0.2, 0.25) is 0 Å². The smallest absolute Gasteiger partial charge is 0.133 e. The summed E-state index contributed by atoms with van der Waals surface area (Å²) in [7, 11) is 0. The van der Waals surface area contributed by atoms with Crippen molar-refractivity contribution in [3.63, 3.8) is 0 Å². The largest absolute Gasteiger partial charge is 0.370 e. The Balaban J connectivity index is 1.96. The SMILES string of the molecule is Cc1cc(NCC2CCC(C)C2)nc(C(C)C)n1. The van der Waals surface area contributed by atoms with Crippen LogP contribution in [0.3, 0.4) is 0 Å². The van der Waals surface area contributed by atoms with Crippen LogP contribution in [0, 0.1) is 18.8 Å². The standard InChI is InChI=1S/C15H25N3/c1-10(2)15-17-12(4)8-14(18-15)16-9-13-6-5-11(3)7-13/h8,10-11,13H,5-7,9H2,1-4H3,(H,16,17,18). The zero-order valence-electron chi connectivity index (χ0n) is 12.0. The molecule has 0 aromatic carbocycles. The van der Waals surface area contributed by atoms with Crippen LogP contribution >= 0.6 is 0 Å². The Kier molecular flexibility index (Phi) is 4.20. The molecule has 18 heavy (non-hydrogen) atoms. The predicted octanol–water partition coefficient (Wildman–Crippen LogP) is 3.76. The second kappa shape index (κ2) is 5.68. The summed E-state index contributed by atoms with van der Waals surface area (Å²) in [6, 6.07) is 2.05. The lowest BCUT2D eigenvalue weighted by molar-refractivity contribution is 0.536. The molecule has 0 bridgehead atoms. The molecule has 1 fully saturated rings. The van der Waals surface area contributed by atoms with Gasteiger partial charge in [-0.25, -0.2) is 9.97 Å². The van der Waals surface area contributed by atoms with E-state index < -0.39 is 0 Å². The molecule has 1 aliphatic carbocycles. The fourth-order valence-corrected chi connectivity index (χ4v) is 2.70. The van der Waals surface area contributed by atoms with Crippen molar-refractivity contribution in [1.29, 1.82) is 0 Å². The fourth-order valence-electron chi connectivity index (χ4n) is 2.70. The van der Waals surface area contributed by atoms with E-state index in [1.54, 1.807) is 0 Å². The maximum absolute atomic E-state index is 4.59. The van der Waals surface area contributed by atoms with Crippen molar-refractivity contribution in [2.75, 3.05) is 11.9 Å². The van der Waals surface area contributed by atoms with E-state index in [0.29, 0.717) is 5.92 Å². The molecule has 100 valence electrons. The van der Waals surface area contributed by atoms with E-state index in [9.17, 15) is 0 Å². The second-order valence-corrected chi connectivity index (χ2v) is 6.07. The van der Waals surface area contributed by atoms with Crippen LogP contribution in [-0.2, 0) is 0 Å². The van der Waals surface area contributed by atoms with Crippen molar-refractivity contribution in [2.45, 2.75) is 52.9 Å². The van der Waals surface area contributed by atoms with Gasteiger partial charge < -0.3 is 5.32 Å². The van der Waals surface area contributed by atoms with Crippen LogP contribution in [0.2, 0.25) is 0 Å². The summed E-state index contributed by atoms with van der Waals surface area (Å²) in [5, 5.41) is 3.49. The molecule has 1 N–H and O–H groups in total. The van der Waals surface area contributed by atoms with E-state index in [4.69, 9.17) is 0 Å². The monoisotopic (exact) mass is 247 g/mol. The van der Waals surface area contributed by atoms with Crippen LogP contribution in [0.1, 0.15) is 57.5 Å². The van der Waals surface area contributed by atoms with Crippen LogP contribution in [0.4, 0.5) is 5.82 Å². The Morgan fingerprint density at radius 3 is 2.72 bits per heavy atom. The summed E-state index contributed by atoms with van der Waals surface area (Å²) in [5.74, 6) is 4.04. The van der Waals surface area contributed by atoms with Gasteiger partial charge in [0.25, 0.3) is 0 Å². The topological polar surface area (TPSA) is 37.8 Å². The molecular formula is C15H25N3. The zero-order chi connectivity index (χ0) is 13.1. The van der Waals surface area contributed by atoms with Gasteiger partial charge in [-0.2, -0.15) is 0 Å². The average molecular weight is 247 g/mol. The van der Waals surface area contributed by atoms with E-state index in [1.165, 1.54) is 19.3 Å². The highest BCUT2D eigenvalue weighted by Gasteiger charge is 2.21. The number of hydrogen-bond donors (Lipinski definition) is 1. The van der Waals surface area contributed by atoms with Gasteiger partial charge in [0, 0.05) is 24.2 Å². The van der Waals surface area contributed by atoms with E-state index >= 15 is 0 Å². The molecule has 3 heteroatoms. The molecule has 1 heterocycles. The molecule has 2 atom stereocenters.